The molecule has 9 heteroatoms. The molecule has 0 radical (unpaired) electrons. The van der Waals surface area contributed by atoms with Crippen LogP contribution in [0.1, 0.15) is 15.2 Å². The highest BCUT2D eigenvalue weighted by molar-refractivity contribution is 7.98. The van der Waals surface area contributed by atoms with Gasteiger partial charge in [0.1, 0.15) is 4.88 Å². The third-order valence-corrected chi connectivity index (χ3v) is 5.03. The van der Waals surface area contributed by atoms with Gasteiger partial charge in [-0.2, -0.15) is 11.8 Å². The Labute approximate surface area is 152 Å². The number of esters is 1. The number of amides is 1. The number of ether oxygens (including phenoxy) is 1. The third kappa shape index (κ3) is 6.55. The molecule has 0 aliphatic rings. The van der Waals surface area contributed by atoms with Gasteiger partial charge in [0.25, 0.3) is 5.91 Å². The summed E-state index contributed by atoms with van der Waals surface area (Å²) < 4.78 is 4.84. The van der Waals surface area contributed by atoms with E-state index in [-0.39, 0.29) is 9.88 Å². The maximum atomic E-state index is 11.7. The lowest BCUT2D eigenvalue weighted by molar-refractivity contribution is -0.380. The van der Waals surface area contributed by atoms with Crippen molar-refractivity contribution in [2.75, 3.05) is 18.9 Å². The summed E-state index contributed by atoms with van der Waals surface area (Å²) in [5, 5.41) is 13.1. The Morgan fingerprint density at radius 3 is 2.64 bits per heavy atom. The third-order valence-electron chi connectivity index (χ3n) is 2.99. The quantitative estimate of drug-likeness (QED) is 0.311. The van der Waals surface area contributed by atoms with Crippen molar-refractivity contribution < 1.29 is 19.2 Å². The molecule has 0 atom stereocenters. The summed E-state index contributed by atoms with van der Waals surface area (Å²) in [6.07, 6.45) is 0. The van der Waals surface area contributed by atoms with Crippen LogP contribution in [-0.2, 0) is 15.3 Å². The van der Waals surface area contributed by atoms with Gasteiger partial charge in [-0.3, -0.25) is 14.9 Å². The Kier molecular flexibility index (Phi) is 7.42. The van der Waals surface area contributed by atoms with E-state index in [1.807, 2.05) is 30.3 Å². The van der Waals surface area contributed by atoms with E-state index in [9.17, 15) is 19.7 Å². The first kappa shape index (κ1) is 18.9. The zero-order valence-corrected chi connectivity index (χ0v) is 14.8. The lowest BCUT2D eigenvalue weighted by Gasteiger charge is -2.06. The monoisotopic (exact) mass is 380 g/mol. The van der Waals surface area contributed by atoms with Crippen LogP contribution >= 0.6 is 23.1 Å². The fraction of sp³-hybridized carbons (Fsp3) is 0.250. The number of rotatable bonds is 9. The number of nitrogens with one attached hydrogen (secondary N) is 1. The van der Waals surface area contributed by atoms with Gasteiger partial charge in [-0.25, -0.2) is 4.79 Å². The summed E-state index contributed by atoms with van der Waals surface area (Å²) >= 11 is 2.40. The lowest BCUT2D eigenvalue weighted by atomic mass is 10.2. The van der Waals surface area contributed by atoms with E-state index in [0.717, 1.165) is 11.5 Å². The summed E-state index contributed by atoms with van der Waals surface area (Å²) in [4.78, 5) is 33.4. The Morgan fingerprint density at radius 2 is 1.96 bits per heavy atom. The second-order valence-electron chi connectivity index (χ2n) is 4.86. The van der Waals surface area contributed by atoms with E-state index in [0.29, 0.717) is 17.9 Å². The predicted octanol–water partition coefficient (Wildman–Crippen LogP) is 2.86. The van der Waals surface area contributed by atoms with Crippen LogP contribution in [0, 0.1) is 10.1 Å². The molecule has 1 heterocycles. The summed E-state index contributed by atoms with van der Waals surface area (Å²) in [5.74, 6) is 0.459. The van der Waals surface area contributed by atoms with Crippen molar-refractivity contribution in [3.63, 3.8) is 0 Å². The standard InChI is InChI=1S/C16H16N2O5S2/c19-14(17-8-9-24-11-12-4-2-1-3-5-12)10-23-16(20)13-6-7-15(25-13)18(21)22/h1-7H,8-11H2,(H,17,19). The zero-order chi connectivity index (χ0) is 18.1. The number of hydrogen-bond acceptors (Lipinski definition) is 7. The van der Waals surface area contributed by atoms with Gasteiger partial charge in [0.2, 0.25) is 0 Å². The van der Waals surface area contributed by atoms with Crippen LogP contribution in [0.3, 0.4) is 0 Å². The molecule has 1 amide bonds. The summed E-state index contributed by atoms with van der Waals surface area (Å²) in [6.45, 7) is 0.0617. The molecule has 25 heavy (non-hydrogen) atoms. The number of nitro groups is 1. The molecule has 0 fully saturated rings. The predicted molar refractivity (Wildman–Crippen MR) is 96.9 cm³/mol. The smallest absolute Gasteiger partial charge is 0.349 e. The highest BCUT2D eigenvalue weighted by Crippen LogP contribution is 2.24. The normalized spacial score (nSPS) is 10.2. The first-order chi connectivity index (χ1) is 12.1. The number of thioether (sulfide) groups is 1. The van der Waals surface area contributed by atoms with Gasteiger partial charge in [0.05, 0.1) is 4.92 Å². The fourth-order valence-corrected chi connectivity index (χ4v) is 3.35. The van der Waals surface area contributed by atoms with E-state index >= 15 is 0 Å². The second kappa shape index (κ2) is 9.80. The van der Waals surface area contributed by atoms with Gasteiger partial charge >= 0.3 is 11.0 Å². The van der Waals surface area contributed by atoms with E-state index in [4.69, 9.17) is 4.74 Å². The van der Waals surface area contributed by atoms with Crippen molar-refractivity contribution >= 4 is 40.0 Å². The molecular weight excluding hydrogens is 364 g/mol. The minimum Gasteiger partial charge on any atom is -0.451 e. The van der Waals surface area contributed by atoms with E-state index in [1.54, 1.807) is 11.8 Å². The molecule has 0 saturated heterocycles. The van der Waals surface area contributed by atoms with Crippen molar-refractivity contribution in [1.82, 2.24) is 5.32 Å². The molecule has 0 spiro atoms. The Morgan fingerprint density at radius 1 is 1.20 bits per heavy atom. The Hall–Kier alpha value is -2.39. The van der Waals surface area contributed by atoms with Crippen LogP contribution in [-0.4, -0.2) is 35.7 Å². The number of nitrogens with zero attached hydrogens (tertiary/aromatic N) is 1. The van der Waals surface area contributed by atoms with Crippen molar-refractivity contribution in [3.8, 4) is 0 Å². The molecule has 1 N–H and O–H groups in total. The molecule has 0 saturated carbocycles. The molecule has 0 aliphatic heterocycles. The SMILES string of the molecule is O=C(COC(=O)c1ccc([N+](=O)[O-])s1)NCCSCc1ccccc1. The minimum atomic E-state index is -0.744. The summed E-state index contributed by atoms with van der Waals surface area (Å²) in [6, 6.07) is 12.5. The van der Waals surface area contributed by atoms with Crippen LogP contribution in [0.15, 0.2) is 42.5 Å². The molecule has 2 rings (SSSR count). The van der Waals surface area contributed by atoms with E-state index in [1.165, 1.54) is 17.7 Å². The Balaban J connectivity index is 1.60. The molecule has 0 bridgehead atoms. The zero-order valence-electron chi connectivity index (χ0n) is 13.2. The van der Waals surface area contributed by atoms with Crippen LogP contribution in [0.5, 0.6) is 0 Å². The van der Waals surface area contributed by atoms with Crippen LogP contribution in [0.2, 0.25) is 0 Å². The minimum absolute atomic E-state index is 0.0953. The molecule has 1 aromatic heterocycles. The van der Waals surface area contributed by atoms with Crippen LogP contribution in [0.25, 0.3) is 0 Å². The number of benzene rings is 1. The van der Waals surface area contributed by atoms with Crippen LogP contribution < -0.4 is 5.32 Å². The van der Waals surface area contributed by atoms with Crippen molar-refractivity contribution in [2.24, 2.45) is 0 Å². The first-order valence-electron chi connectivity index (χ1n) is 7.36. The van der Waals surface area contributed by atoms with Gasteiger partial charge in [-0.1, -0.05) is 41.7 Å². The van der Waals surface area contributed by atoms with Gasteiger partial charge in [0.15, 0.2) is 6.61 Å². The average molecular weight is 380 g/mol. The number of carbonyl (C=O) groups is 2. The maximum absolute atomic E-state index is 11.7. The maximum Gasteiger partial charge on any atom is 0.349 e. The average Bonchev–Trinajstić information content (AvgIpc) is 3.11. The van der Waals surface area contributed by atoms with E-state index in [2.05, 4.69) is 5.32 Å². The van der Waals surface area contributed by atoms with Gasteiger partial charge in [0, 0.05) is 24.1 Å². The van der Waals surface area contributed by atoms with Gasteiger partial charge in [-0.15, -0.1) is 0 Å². The number of thiophene rings is 1. The molecule has 0 aliphatic carbocycles. The molecule has 132 valence electrons. The summed E-state index contributed by atoms with van der Waals surface area (Å²) in [5.41, 5.74) is 1.22. The first-order valence-corrected chi connectivity index (χ1v) is 9.33. The highest BCUT2D eigenvalue weighted by atomic mass is 32.2. The molecule has 0 unspecified atom stereocenters. The number of carbonyl (C=O) groups excluding carboxylic acids is 2. The topological polar surface area (TPSA) is 98.5 Å². The second-order valence-corrected chi connectivity index (χ2v) is 7.03. The molecule has 1 aromatic carbocycles. The van der Waals surface area contributed by atoms with Crippen molar-refractivity contribution in [1.29, 1.82) is 0 Å². The van der Waals surface area contributed by atoms with Gasteiger partial charge in [-0.05, 0) is 11.6 Å². The van der Waals surface area contributed by atoms with E-state index < -0.39 is 23.4 Å². The van der Waals surface area contributed by atoms with Crippen molar-refractivity contribution in [2.45, 2.75) is 5.75 Å². The highest BCUT2D eigenvalue weighted by Gasteiger charge is 2.17. The largest absolute Gasteiger partial charge is 0.451 e. The fourth-order valence-electron chi connectivity index (χ4n) is 1.82. The van der Waals surface area contributed by atoms with Crippen molar-refractivity contribution in [3.05, 3.63) is 63.0 Å². The lowest BCUT2D eigenvalue weighted by Crippen LogP contribution is -2.30. The Bertz CT molecular complexity index is 733. The summed E-state index contributed by atoms with van der Waals surface area (Å²) in [7, 11) is 0. The number of hydrogen-bond donors (Lipinski definition) is 1. The van der Waals surface area contributed by atoms with Crippen LogP contribution in [0.4, 0.5) is 5.00 Å². The van der Waals surface area contributed by atoms with Gasteiger partial charge < -0.3 is 10.1 Å². The molecule has 2 aromatic rings. The molecule has 7 nitrogen and oxygen atoms in total. The molecular formula is C16H16N2O5S2.